The minimum atomic E-state index is -1.11. The zero-order chi connectivity index (χ0) is 18.1. The molecule has 1 aliphatic heterocycles. The lowest BCUT2D eigenvalue weighted by atomic mass is 10.1. The second-order valence-corrected chi connectivity index (χ2v) is 5.69. The molecule has 0 unspecified atom stereocenters. The first kappa shape index (κ1) is 15.9. The number of carbonyl (C=O) groups is 1. The summed E-state index contributed by atoms with van der Waals surface area (Å²) < 4.78 is 11.9. The first-order valence-electron chi connectivity index (χ1n) is 7.91. The molecule has 130 valence electrons. The number of benzene rings is 2. The number of rotatable bonds is 4. The molecule has 0 bridgehead atoms. The number of carboxylic acid groups (broad SMARTS) is 1. The van der Waals surface area contributed by atoms with Crippen LogP contribution in [0.3, 0.4) is 0 Å². The van der Waals surface area contributed by atoms with Crippen molar-refractivity contribution in [2.75, 3.05) is 6.79 Å². The molecule has 0 atom stereocenters. The molecule has 1 N–H and O–H groups in total. The molecule has 0 fully saturated rings. The average Bonchev–Trinajstić information content (AvgIpc) is 3.12. The molecule has 7 heteroatoms. The van der Waals surface area contributed by atoms with Crippen LogP contribution in [-0.2, 0) is 11.3 Å². The number of nitrogens with zero attached hydrogens (tertiary/aromatic N) is 2. The number of ether oxygens (including phenoxy) is 2. The molecule has 7 nitrogen and oxygen atoms in total. The van der Waals surface area contributed by atoms with Crippen LogP contribution in [0.2, 0.25) is 0 Å². The molecule has 2 heterocycles. The van der Waals surface area contributed by atoms with Gasteiger partial charge in [0.1, 0.15) is 12.4 Å². The Morgan fingerprint density at radius 2 is 2.00 bits per heavy atom. The first-order chi connectivity index (χ1) is 12.6. The first-order valence-corrected chi connectivity index (χ1v) is 7.91. The Hall–Kier alpha value is -3.61. The van der Waals surface area contributed by atoms with E-state index in [1.165, 1.54) is 0 Å². The van der Waals surface area contributed by atoms with Gasteiger partial charge in [0.15, 0.2) is 11.5 Å². The van der Waals surface area contributed by atoms with Crippen LogP contribution >= 0.6 is 0 Å². The zero-order valence-electron chi connectivity index (χ0n) is 13.6. The van der Waals surface area contributed by atoms with Gasteiger partial charge in [0.25, 0.3) is 5.56 Å². The van der Waals surface area contributed by atoms with E-state index in [2.05, 4.69) is 4.98 Å². The second-order valence-electron chi connectivity index (χ2n) is 5.69. The lowest BCUT2D eigenvalue weighted by Gasteiger charge is -2.09. The summed E-state index contributed by atoms with van der Waals surface area (Å²) in [5.41, 5.74) is 0.872. The maximum absolute atomic E-state index is 12.7. The summed E-state index contributed by atoms with van der Waals surface area (Å²) in [4.78, 5) is 28.3. The lowest BCUT2D eigenvalue weighted by Crippen LogP contribution is -2.27. The van der Waals surface area contributed by atoms with Gasteiger partial charge in [-0.3, -0.25) is 14.2 Å². The third kappa shape index (κ3) is 2.79. The van der Waals surface area contributed by atoms with Crippen molar-refractivity contribution >= 4 is 29.0 Å². The van der Waals surface area contributed by atoms with Gasteiger partial charge in [-0.15, -0.1) is 0 Å². The highest BCUT2D eigenvalue weighted by molar-refractivity contribution is 5.80. The smallest absolute Gasteiger partial charge is 0.323 e. The van der Waals surface area contributed by atoms with Crippen LogP contribution in [0.4, 0.5) is 0 Å². The highest BCUT2D eigenvalue weighted by Gasteiger charge is 2.16. The Kier molecular flexibility index (Phi) is 3.89. The van der Waals surface area contributed by atoms with Crippen LogP contribution in [0.15, 0.2) is 47.3 Å². The van der Waals surface area contributed by atoms with Crippen molar-refractivity contribution in [3.63, 3.8) is 0 Å². The fraction of sp³-hybridized carbons (Fsp3) is 0.105. The number of hydrogen-bond acceptors (Lipinski definition) is 5. The monoisotopic (exact) mass is 350 g/mol. The SMILES string of the molecule is O=C(O)Cn1c(C=Cc2cccc3c2OCO3)nc2ccccc2c1=O. The molecule has 4 rings (SSSR count). The fourth-order valence-electron chi connectivity index (χ4n) is 2.85. The van der Waals surface area contributed by atoms with Crippen molar-refractivity contribution in [2.24, 2.45) is 0 Å². The van der Waals surface area contributed by atoms with Crippen LogP contribution < -0.4 is 15.0 Å². The predicted molar refractivity (Wildman–Crippen MR) is 95.1 cm³/mol. The van der Waals surface area contributed by atoms with E-state index in [0.29, 0.717) is 22.4 Å². The number of para-hydroxylation sites is 2. The van der Waals surface area contributed by atoms with E-state index < -0.39 is 18.1 Å². The van der Waals surface area contributed by atoms with Gasteiger partial charge in [0.2, 0.25) is 6.79 Å². The predicted octanol–water partition coefficient (Wildman–Crippen LogP) is 2.38. The molecule has 1 aromatic heterocycles. The molecular weight excluding hydrogens is 336 g/mol. The minimum Gasteiger partial charge on any atom is -0.480 e. The molecule has 0 saturated heterocycles. The van der Waals surface area contributed by atoms with Gasteiger partial charge in [-0.1, -0.05) is 24.3 Å². The number of carboxylic acids is 1. The van der Waals surface area contributed by atoms with Crippen LogP contribution in [0.1, 0.15) is 11.4 Å². The van der Waals surface area contributed by atoms with Crippen LogP contribution in [-0.4, -0.2) is 27.4 Å². The average molecular weight is 350 g/mol. The van der Waals surface area contributed by atoms with Gasteiger partial charge < -0.3 is 14.6 Å². The maximum atomic E-state index is 12.7. The highest BCUT2D eigenvalue weighted by Crippen LogP contribution is 2.36. The van der Waals surface area contributed by atoms with Crippen molar-refractivity contribution in [1.82, 2.24) is 9.55 Å². The standard InChI is InChI=1S/C19H14N2O5/c22-17(23)10-21-16(20-14-6-2-1-5-13(14)19(21)24)9-8-12-4-3-7-15-18(12)26-11-25-15/h1-9H,10-11H2,(H,22,23). The van der Waals surface area contributed by atoms with Gasteiger partial charge in [0, 0.05) is 5.56 Å². The third-order valence-electron chi connectivity index (χ3n) is 4.02. The summed E-state index contributed by atoms with van der Waals surface area (Å²) in [6.07, 6.45) is 3.33. The van der Waals surface area contributed by atoms with Crippen molar-refractivity contribution in [2.45, 2.75) is 6.54 Å². The van der Waals surface area contributed by atoms with E-state index >= 15 is 0 Å². The normalized spacial score (nSPS) is 12.8. The quantitative estimate of drug-likeness (QED) is 0.777. The van der Waals surface area contributed by atoms with E-state index in [4.69, 9.17) is 14.6 Å². The topological polar surface area (TPSA) is 90.7 Å². The van der Waals surface area contributed by atoms with Crippen LogP contribution in [0.5, 0.6) is 11.5 Å². The summed E-state index contributed by atoms with van der Waals surface area (Å²) in [6, 6.07) is 12.3. The van der Waals surface area contributed by atoms with Gasteiger partial charge in [-0.2, -0.15) is 0 Å². The Morgan fingerprint density at radius 1 is 1.15 bits per heavy atom. The maximum Gasteiger partial charge on any atom is 0.323 e. The molecule has 0 radical (unpaired) electrons. The molecule has 0 amide bonds. The number of aliphatic carboxylic acids is 1. The molecule has 26 heavy (non-hydrogen) atoms. The zero-order valence-corrected chi connectivity index (χ0v) is 13.6. The Labute approximate surface area is 147 Å². The van der Waals surface area contributed by atoms with Crippen LogP contribution in [0.25, 0.3) is 23.1 Å². The fourth-order valence-corrected chi connectivity index (χ4v) is 2.85. The summed E-state index contributed by atoms with van der Waals surface area (Å²) in [5.74, 6) is 0.391. The molecular formula is C19H14N2O5. The Morgan fingerprint density at radius 3 is 2.85 bits per heavy atom. The summed E-state index contributed by atoms with van der Waals surface area (Å²) in [7, 11) is 0. The summed E-state index contributed by atoms with van der Waals surface area (Å²) in [6.45, 7) is -0.318. The van der Waals surface area contributed by atoms with Crippen molar-refractivity contribution in [3.05, 3.63) is 64.2 Å². The van der Waals surface area contributed by atoms with E-state index in [1.807, 2.05) is 12.1 Å². The van der Waals surface area contributed by atoms with Crippen LogP contribution in [0, 0.1) is 0 Å². The van der Waals surface area contributed by atoms with Crippen molar-refractivity contribution in [3.8, 4) is 11.5 Å². The molecule has 1 aliphatic rings. The van der Waals surface area contributed by atoms with Gasteiger partial charge in [-0.05, 0) is 30.4 Å². The summed E-state index contributed by atoms with van der Waals surface area (Å²) in [5, 5.41) is 9.53. The number of hydrogen-bond donors (Lipinski definition) is 1. The van der Waals surface area contributed by atoms with Crippen molar-refractivity contribution < 1.29 is 19.4 Å². The highest BCUT2D eigenvalue weighted by atomic mass is 16.7. The lowest BCUT2D eigenvalue weighted by molar-refractivity contribution is -0.137. The molecule has 0 aliphatic carbocycles. The Bertz CT molecular complexity index is 1100. The van der Waals surface area contributed by atoms with E-state index in [9.17, 15) is 9.59 Å². The Balaban J connectivity index is 1.84. The molecule has 2 aromatic carbocycles. The third-order valence-corrected chi connectivity index (χ3v) is 4.02. The molecule has 0 saturated carbocycles. The van der Waals surface area contributed by atoms with E-state index in [-0.39, 0.29) is 12.6 Å². The largest absolute Gasteiger partial charge is 0.480 e. The van der Waals surface area contributed by atoms with Gasteiger partial charge in [-0.25, -0.2) is 4.98 Å². The molecule has 3 aromatic rings. The van der Waals surface area contributed by atoms with E-state index in [1.54, 1.807) is 42.5 Å². The van der Waals surface area contributed by atoms with E-state index in [0.717, 1.165) is 10.1 Å². The minimum absolute atomic E-state index is 0.151. The van der Waals surface area contributed by atoms with Gasteiger partial charge >= 0.3 is 5.97 Å². The molecule has 0 spiro atoms. The van der Waals surface area contributed by atoms with Gasteiger partial charge in [0.05, 0.1) is 10.9 Å². The van der Waals surface area contributed by atoms with Crippen molar-refractivity contribution in [1.29, 1.82) is 0 Å². The number of fused-ring (bicyclic) bond motifs is 2. The number of aromatic nitrogens is 2. The summed E-state index contributed by atoms with van der Waals surface area (Å²) >= 11 is 0. The second kappa shape index (κ2) is 6.36.